The lowest BCUT2D eigenvalue weighted by Gasteiger charge is -2.32. The molecule has 1 aromatic rings. The summed E-state index contributed by atoms with van der Waals surface area (Å²) in [5.41, 5.74) is 2.60. The number of aliphatic hydroxyl groups is 1. The van der Waals surface area contributed by atoms with E-state index in [0.717, 1.165) is 38.3 Å². The van der Waals surface area contributed by atoms with Crippen LogP contribution in [0.3, 0.4) is 0 Å². The van der Waals surface area contributed by atoms with Crippen LogP contribution in [0.1, 0.15) is 36.8 Å². The fourth-order valence-corrected chi connectivity index (χ4v) is 3.05. The van der Waals surface area contributed by atoms with E-state index < -0.39 is 0 Å². The first-order valence-electron chi connectivity index (χ1n) is 8.22. The Morgan fingerprint density at radius 3 is 2.90 bits per heavy atom. The molecule has 2 rings (SSSR count). The number of piperidine rings is 1. The Kier molecular flexibility index (Phi) is 6.52. The van der Waals surface area contributed by atoms with E-state index in [1.54, 1.807) is 0 Å². The molecule has 1 unspecified atom stereocenters. The van der Waals surface area contributed by atoms with E-state index in [2.05, 4.69) is 36.9 Å². The Labute approximate surface area is 128 Å². The predicted molar refractivity (Wildman–Crippen MR) is 86.9 cm³/mol. The Bertz CT molecular complexity index is 431. The van der Waals surface area contributed by atoms with Gasteiger partial charge in [0.25, 0.3) is 0 Å². The summed E-state index contributed by atoms with van der Waals surface area (Å²) in [6, 6.07) is 6.29. The zero-order valence-electron chi connectivity index (χ0n) is 13.5. The molecule has 0 spiro atoms. The molecule has 1 N–H and O–H groups in total. The van der Waals surface area contributed by atoms with Gasteiger partial charge >= 0.3 is 0 Å². The number of aliphatic hydroxyl groups excluding tert-OH is 1. The summed E-state index contributed by atoms with van der Waals surface area (Å²) in [5.74, 6) is 1.67. The molecule has 1 atom stereocenters. The molecule has 0 aliphatic carbocycles. The highest BCUT2D eigenvalue weighted by atomic mass is 16.5. The lowest BCUT2D eigenvalue weighted by atomic mass is 9.95. The van der Waals surface area contributed by atoms with Crippen molar-refractivity contribution in [2.75, 3.05) is 32.8 Å². The van der Waals surface area contributed by atoms with E-state index in [1.807, 2.05) is 0 Å². The van der Waals surface area contributed by atoms with Crippen molar-refractivity contribution in [3.05, 3.63) is 29.3 Å². The van der Waals surface area contributed by atoms with Crippen molar-refractivity contribution in [1.29, 1.82) is 0 Å². The first kappa shape index (κ1) is 16.3. The molecule has 1 aromatic carbocycles. The highest BCUT2D eigenvalue weighted by molar-refractivity contribution is 5.33. The van der Waals surface area contributed by atoms with E-state index in [-0.39, 0.29) is 0 Å². The van der Waals surface area contributed by atoms with Gasteiger partial charge in [0, 0.05) is 19.7 Å². The van der Waals surface area contributed by atoms with Crippen molar-refractivity contribution in [3.8, 4) is 5.75 Å². The molecule has 0 saturated carbocycles. The lowest BCUT2D eigenvalue weighted by molar-refractivity contribution is 0.140. The monoisotopic (exact) mass is 291 g/mol. The average Bonchev–Trinajstić information content (AvgIpc) is 2.48. The SMILES string of the molecule is Cc1ccc(OCCCN2CCCC(CCO)C2)cc1C. The van der Waals surface area contributed by atoms with Crippen LogP contribution in [0.2, 0.25) is 0 Å². The molecule has 1 heterocycles. The van der Waals surface area contributed by atoms with Crippen LogP contribution in [-0.2, 0) is 0 Å². The number of ether oxygens (including phenoxy) is 1. The minimum absolute atomic E-state index is 0.328. The summed E-state index contributed by atoms with van der Waals surface area (Å²) in [6.07, 6.45) is 4.56. The molecular formula is C18H29NO2. The summed E-state index contributed by atoms with van der Waals surface area (Å²) in [7, 11) is 0. The third-order valence-corrected chi connectivity index (χ3v) is 4.51. The third-order valence-electron chi connectivity index (χ3n) is 4.51. The summed E-state index contributed by atoms with van der Waals surface area (Å²) in [4.78, 5) is 2.52. The Morgan fingerprint density at radius 2 is 2.14 bits per heavy atom. The van der Waals surface area contributed by atoms with Crippen LogP contribution >= 0.6 is 0 Å². The van der Waals surface area contributed by atoms with Gasteiger partial charge in [-0.2, -0.15) is 0 Å². The Morgan fingerprint density at radius 1 is 1.29 bits per heavy atom. The van der Waals surface area contributed by atoms with Crippen molar-refractivity contribution in [3.63, 3.8) is 0 Å². The maximum atomic E-state index is 9.05. The number of hydrogen-bond acceptors (Lipinski definition) is 3. The van der Waals surface area contributed by atoms with Crippen LogP contribution < -0.4 is 4.74 Å². The van der Waals surface area contributed by atoms with Gasteiger partial charge in [-0.25, -0.2) is 0 Å². The molecule has 1 aliphatic rings. The van der Waals surface area contributed by atoms with E-state index in [4.69, 9.17) is 9.84 Å². The zero-order chi connectivity index (χ0) is 15.1. The number of aryl methyl sites for hydroxylation is 2. The summed E-state index contributed by atoms with van der Waals surface area (Å²) >= 11 is 0. The van der Waals surface area contributed by atoms with E-state index in [0.29, 0.717) is 12.5 Å². The smallest absolute Gasteiger partial charge is 0.119 e. The molecule has 0 bridgehead atoms. The van der Waals surface area contributed by atoms with E-state index in [1.165, 1.54) is 30.5 Å². The van der Waals surface area contributed by atoms with E-state index >= 15 is 0 Å². The number of nitrogens with zero attached hydrogens (tertiary/aromatic N) is 1. The van der Waals surface area contributed by atoms with Crippen molar-refractivity contribution in [1.82, 2.24) is 4.90 Å². The Balaban J connectivity index is 1.66. The van der Waals surface area contributed by atoms with Crippen LogP contribution in [0.25, 0.3) is 0 Å². The largest absolute Gasteiger partial charge is 0.494 e. The average molecular weight is 291 g/mol. The third kappa shape index (κ3) is 5.33. The molecule has 3 nitrogen and oxygen atoms in total. The molecule has 1 aliphatic heterocycles. The van der Waals surface area contributed by atoms with Gasteiger partial charge in [-0.05, 0) is 75.3 Å². The molecule has 1 fully saturated rings. The minimum atomic E-state index is 0.328. The number of rotatable bonds is 7. The van der Waals surface area contributed by atoms with Gasteiger partial charge in [0.15, 0.2) is 0 Å². The first-order chi connectivity index (χ1) is 10.2. The Hall–Kier alpha value is -1.06. The standard InChI is InChI=1S/C18H29NO2/c1-15-6-7-18(13-16(15)2)21-12-4-10-19-9-3-5-17(14-19)8-11-20/h6-7,13,17,20H,3-5,8-12,14H2,1-2H3. The van der Waals surface area contributed by atoms with Crippen LogP contribution in [0.5, 0.6) is 5.75 Å². The summed E-state index contributed by atoms with van der Waals surface area (Å²) < 4.78 is 5.84. The molecule has 1 saturated heterocycles. The van der Waals surface area contributed by atoms with Crippen molar-refractivity contribution in [2.45, 2.75) is 39.5 Å². The van der Waals surface area contributed by atoms with Crippen molar-refractivity contribution >= 4 is 0 Å². The fraction of sp³-hybridized carbons (Fsp3) is 0.667. The normalized spacial score (nSPS) is 19.7. The molecule has 3 heteroatoms. The number of benzene rings is 1. The topological polar surface area (TPSA) is 32.7 Å². The van der Waals surface area contributed by atoms with Crippen LogP contribution in [0, 0.1) is 19.8 Å². The highest BCUT2D eigenvalue weighted by Crippen LogP contribution is 2.20. The van der Waals surface area contributed by atoms with Crippen molar-refractivity contribution < 1.29 is 9.84 Å². The molecule has 0 amide bonds. The molecule has 21 heavy (non-hydrogen) atoms. The second-order valence-corrected chi connectivity index (χ2v) is 6.27. The fourth-order valence-electron chi connectivity index (χ4n) is 3.05. The van der Waals surface area contributed by atoms with Gasteiger partial charge in [-0.1, -0.05) is 6.07 Å². The summed E-state index contributed by atoms with van der Waals surface area (Å²) in [5, 5.41) is 9.05. The van der Waals surface area contributed by atoms with Crippen LogP contribution in [0.15, 0.2) is 18.2 Å². The molecule has 0 radical (unpaired) electrons. The van der Waals surface area contributed by atoms with Gasteiger partial charge < -0.3 is 14.7 Å². The van der Waals surface area contributed by atoms with Gasteiger partial charge in [0.05, 0.1) is 6.61 Å². The number of likely N-dealkylation sites (tertiary alicyclic amines) is 1. The second kappa shape index (κ2) is 8.40. The zero-order valence-corrected chi connectivity index (χ0v) is 13.5. The van der Waals surface area contributed by atoms with Crippen LogP contribution in [-0.4, -0.2) is 42.9 Å². The summed E-state index contributed by atoms with van der Waals surface area (Å²) in [6.45, 7) is 8.80. The first-order valence-corrected chi connectivity index (χ1v) is 8.22. The maximum Gasteiger partial charge on any atom is 0.119 e. The van der Waals surface area contributed by atoms with Gasteiger partial charge in [0.1, 0.15) is 5.75 Å². The predicted octanol–water partition coefficient (Wildman–Crippen LogP) is 3.17. The quantitative estimate of drug-likeness (QED) is 0.783. The highest BCUT2D eigenvalue weighted by Gasteiger charge is 2.18. The van der Waals surface area contributed by atoms with Crippen LogP contribution in [0.4, 0.5) is 0 Å². The van der Waals surface area contributed by atoms with E-state index in [9.17, 15) is 0 Å². The van der Waals surface area contributed by atoms with Gasteiger partial charge in [0.2, 0.25) is 0 Å². The molecule has 0 aromatic heterocycles. The second-order valence-electron chi connectivity index (χ2n) is 6.27. The maximum absolute atomic E-state index is 9.05. The molecule has 118 valence electrons. The number of hydrogen-bond donors (Lipinski definition) is 1. The minimum Gasteiger partial charge on any atom is -0.494 e. The van der Waals surface area contributed by atoms with Crippen molar-refractivity contribution in [2.24, 2.45) is 5.92 Å². The van der Waals surface area contributed by atoms with Gasteiger partial charge in [-0.3, -0.25) is 0 Å². The lowest BCUT2D eigenvalue weighted by Crippen LogP contribution is -2.36. The van der Waals surface area contributed by atoms with Gasteiger partial charge in [-0.15, -0.1) is 0 Å². The molecular weight excluding hydrogens is 262 g/mol.